The van der Waals surface area contributed by atoms with Crippen LogP contribution in [0.2, 0.25) is 0 Å². The van der Waals surface area contributed by atoms with Gasteiger partial charge < -0.3 is 10.2 Å². The summed E-state index contributed by atoms with van der Waals surface area (Å²) < 4.78 is 28.4. The normalized spacial score (nSPS) is 27.3. The molecular weight excluding hydrogens is 530 g/mol. The maximum absolute atomic E-state index is 14.0. The van der Waals surface area contributed by atoms with Crippen molar-refractivity contribution in [3.05, 3.63) is 96.1 Å². The number of hydrogen-bond donors (Lipinski definition) is 1. The van der Waals surface area contributed by atoms with E-state index in [9.17, 15) is 18.0 Å². The minimum absolute atomic E-state index is 0.129. The predicted octanol–water partition coefficient (Wildman–Crippen LogP) is 3.15. The molecule has 3 aliphatic heterocycles. The van der Waals surface area contributed by atoms with Gasteiger partial charge in [-0.25, -0.2) is 12.7 Å². The first-order chi connectivity index (χ1) is 16.8. The first-order valence-electron chi connectivity index (χ1n) is 11.4. The van der Waals surface area contributed by atoms with Gasteiger partial charge >= 0.3 is 0 Å². The maximum Gasteiger partial charge on any atom is 0.266 e. The summed E-state index contributed by atoms with van der Waals surface area (Å²) in [6.45, 7) is 0. The van der Waals surface area contributed by atoms with Gasteiger partial charge in [0.2, 0.25) is 11.8 Å². The van der Waals surface area contributed by atoms with Crippen molar-refractivity contribution in [1.82, 2.24) is 10.2 Å². The summed E-state index contributed by atoms with van der Waals surface area (Å²) in [4.78, 5) is 28.7. The number of anilines is 1. The van der Waals surface area contributed by atoms with E-state index in [0.29, 0.717) is 12.1 Å². The summed E-state index contributed by atoms with van der Waals surface area (Å²) in [7, 11) is -4.03. The maximum atomic E-state index is 14.0. The highest BCUT2D eigenvalue weighted by Gasteiger charge is 2.66. The van der Waals surface area contributed by atoms with E-state index in [1.165, 1.54) is 9.21 Å². The average molecular weight is 552 g/mol. The highest BCUT2D eigenvalue weighted by Crippen LogP contribution is 2.59. The van der Waals surface area contributed by atoms with Crippen LogP contribution < -0.4 is 9.62 Å². The van der Waals surface area contributed by atoms with E-state index in [-0.39, 0.29) is 23.1 Å². The second-order valence-corrected chi connectivity index (χ2v) is 12.3. The molecule has 0 spiro atoms. The van der Waals surface area contributed by atoms with Crippen LogP contribution >= 0.6 is 15.9 Å². The second kappa shape index (κ2) is 7.93. The van der Waals surface area contributed by atoms with Gasteiger partial charge in [-0.05, 0) is 29.3 Å². The average Bonchev–Trinajstić information content (AvgIpc) is 3.31. The molecule has 0 saturated carbocycles. The smallest absolute Gasteiger partial charge is 0.266 e. The zero-order chi connectivity index (χ0) is 24.4. The Bertz CT molecular complexity index is 1430. The van der Waals surface area contributed by atoms with Gasteiger partial charge in [-0.15, -0.1) is 0 Å². The van der Waals surface area contributed by atoms with Gasteiger partial charge in [0.15, 0.2) is 0 Å². The number of nitrogens with zero attached hydrogens (tertiary/aromatic N) is 2. The van der Waals surface area contributed by atoms with Crippen LogP contribution in [0.3, 0.4) is 0 Å². The van der Waals surface area contributed by atoms with Crippen molar-refractivity contribution in [2.75, 3.05) is 4.31 Å². The monoisotopic (exact) mass is 551 g/mol. The van der Waals surface area contributed by atoms with Crippen molar-refractivity contribution >= 4 is 43.5 Å². The summed E-state index contributed by atoms with van der Waals surface area (Å²) in [6.07, 6.45) is -0.313. The van der Waals surface area contributed by atoms with Gasteiger partial charge in [-0.1, -0.05) is 82.7 Å². The number of halogens is 1. The lowest BCUT2D eigenvalue weighted by Crippen LogP contribution is -2.66. The standard InChI is InChI=1S/C26H22BrN3O4S/c27-26-16-22-23(31)28-20(15-17-9-3-1-4-10-17)24(32)29(22)25(26)30(21-14-8-7-13-19(21)26)35(33,34)18-11-5-2-6-12-18/h1-14,20,22,25H,15-16H2,(H,28,31)/t20-,22-,25-,26-/m0/s1. The first-order valence-corrected chi connectivity index (χ1v) is 13.6. The van der Waals surface area contributed by atoms with Crippen LogP contribution in [-0.2, 0) is 30.4 Å². The highest BCUT2D eigenvalue weighted by atomic mass is 79.9. The van der Waals surface area contributed by atoms with E-state index in [1.54, 1.807) is 42.5 Å². The van der Waals surface area contributed by atoms with Crippen LogP contribution in [0, 0.1) is 0 Å². The van der Waals surface area contributed by atoms with Crippen LogP contribution in [0.15, 0.2) is 89.8 Å². The number of rotatable bonds is 4. The Morgan fingerprint density at radius 2 is 1.54 bits per heavy atom. The third-order valence-corrected chi connectivity index (χ3v) is 10.0. The summed E-state index contributed by atoms with van der Waals surface area (Å²) in [5.74, 6) is -0.556. The fourth-order valence-corrected chi connectivity index (χ4v) is 8.42. The lowest BCUT2D eigenvalue weighted by Gasteiger charge is -2.41. The van der Waals surface area contributed by atoms with E-state index in [4.69, 9.17) is 0 Å². The van der Waals surface area contributed by atoms with Gasteiger partial charge in [0, 0.05) is 12.8 Å². The molecule has 4 atom stereocenters. The number of carbonyl (C=O) groups excluding carboxylic acids is 2. The molecule has 2 saturated heterocycles. The summed E-state index contributed by atoms with van der Waals surface area (Å²) in [5.41, 5.74) is 2.17. The lowest BCUT2D eigenvalue weighted by molar-refractivity contribution is -0.148. The fraction of sp³-hybridized carbons (Fsp3) is 0.231. The molecule has 3 heterocycles. The number of para-hydroxylation sites is 1. The van der Waals surface area contributed by atoms with Crippen molar-refractivity contribution in [3.63, 3.8) is 0 Å². The minimum Gasteiger partial charge on any atom is -0.342 e. The van der Waals surface area contributed by atoms with Crippen LogP contribution in [-0.4, -0.2) is 43.4 Å². The first kappa shape index (κ1) is 22.3. The van der Waals surface area contributed by atoms with Crippen LogP contribution in [0.1, 0.15) is 17.5 Å². The molecule has 3 aliphatic rings. The fourth-order valence-electron chi connectivity index (χ4n) is 5.53. The third-order valence-electron chi connectivity index (χ3n) is 7.06. The van der Waals surface area contributed by atoms with Crippen molar-refractivity contribution in [3.8, 4) is 0 Å². The van der Waals surface area contributed by atoms with Gasteiger partial charge in [-0.2, -0.15) is 0 Å². The van der Waals surface area contributed by atoms with E-state index < -0.39 is 32.6 Å². The Labute approximate surface area is 211 Å². The van der Waals surface area contributed by atoms with Crippen LogP contribution in [0.5, 0.6) is 0 Å². The molecule has 0 radical (unpaired) electrons. The van der Waals surface area contributed by atoms with E-state index in [1.807, 2.05) is 42.5 Å². The van der Waals surface area contributed by atoms with Crippen molar-refractivity contribution in [2.45, 2.75) is 40.3 Å². The van der Waals surface area contributed by atoms with E-state index in [0.717, 1.165) is 11.1 Å². The number of carbonyl (C=O) groups is 2. The number of alkyl halides is 1. The number of piperazine rings is 1. The molecule has 0 unspecified atom stereocenters. The number of nitrogens with one attached hydrogen (secondary N) is 1. The number of fused-ring (bicyclic) bond motifs is 5. The van der Waals surface area contributed by atoms with Gasteiger partial charge in [0.05, 0.1) is 14.9 Å². The molecule has 178 valence electrons. The minimum atomic E-state index is -4.03. The molecule has 3 aromatic carbocycles. The number of hydrogen-bond acceptors (Lipinski definition) is 4. The molecular formula is C26H22BrN3O4S. The Hall–Kier alpha value is -3.17. The van der Waals surface area contributed by atoms with Gasteiger partial charge in [0.25, 0.3) is 10.0 Å². The molecule has 35 heavy (non-hydrogen) atoms. The molecule has 0 bridgehead atoms. The molecule has 0 aliphatic carbocycles. The number of sulfonamides is 1. The van der Waals surface area contributed by atoms with E-state index in [2.05, 4.69) is 21.2 Å². The summed E-state index contributed by atoms with van der Waals surface area (Å²) >= 11 is 3.83. The molecule has 9 heteroatoms. The largest absolute Gasteiger partial charge is 0.342 e. The number of amides is 2. The van der Waals surface area contributed by atoms with Crippen LogP contribution in [0.4, 0.5) is 5.69 Å². The third kappa shape index (κ3) is 3.25. The zero-order valence-corrected chi connectivity index (χ0v) is 20.9. The molecule has 1 N–H and O–H groups in total. The second-order valence-electron chi connectivity index (χ2n) is 9.08. The Morgan fingerprint density at radius 3 is 2.26 bits per heavy atom. The zero-order valence-electron chi connectivity index (χ0n) is 18.5. The molecule has 0 aromatic heterocycles. The van der Waals surface area contributed by atoms with Crippen molar-refractivity contribution in [1.29, 1.82) is 0 Å². The Balaban J connectivity index is 1.47. The Morgan fingerprint density at radius 1 is 0.914 bits per heavy atom. The molecule has 2 fully saturated rings. The number of benzene rings is 3. The molecule has 2 amide bonds. The Kier molecular flexibility index (Phi) is 5.05. The van der Waals surface area contributed by atoms with Crippen molar-refractivity contribution in [2.24, 2.45) is 0 Å². The lowest BCUT2D eigenvalue weighted by atomic mass is 9.95. The topological polar surface area (TPSA) is 86.8 Å². The SMILES string of the molecule is O=C1N[C@@H](Cc2ccccc2)C(=O)N2[C@H]1C[C@]1(Br)c3ccccc3N(S(=O)(=O)c3ccccc3)[C@H]21. The van der Waals surface area contributed by atoms with Gasteiger partial charge in [0.1, 0.15) is 18.2 Å². The van der Waals surface area contributed by atoms with E-state index >= 15 is 0 Å². The highest BCUT2D eigenvalue weighted by molar-refractivity contribution is 9.09. The van der Waals surface area contributed by atoms with Gasteiger partial charge in [-0.3, -0.25) is 9.59 Å². The quantitative estimate of drug-likeness (QED) is 0.504. The predicted molar refractivity (Wildman–Crippen MR) is 134 cm³/mol. The van der Waals surface area contributed by atoms with Crippen LogP contribution in [0.25, 0.3) is 0 Å². The molecule has 6 rings (SSSR count). The summed E-state index contributed by atoms with van der Waals surface area (Å²) in [6, 6.07) is 23.3. The summed E-state index contributed by atoms with van der Waals surface area (Å²) in [5, 5.41) is 2.88. The van der Waals surface area contributed by atoms with Crippen molar-refractivity contribution < 1.29 is 18.0 Å². The molecule has 7 nitrogen and oxygen atoms in total. The molecule has 3 aromatic rings.